The minimum atomic E-state index is -0.223. The Morgan fingerprint density at radius 3 is 2.44 bits per heavy atom. The number of aromatic nitrogens is 1. The van der Waals surface area contributed by atoms with Crippen LogP contribution in [0.3, 0.4) is 0 Å². The molecular formula is C20H18BrN3O. The van der Waals surface area contributed by atoms with Gasteiger partial charge in [-0.1, -0.05) is 34.1 Å². The van der Waals surface area contributed by atoms with Crippen LogP contribution in [-0.4, -0.2) is 17.9 Å². The normalized spacial score (nSPS) is 10.4. The van der Waals surface area contributed by atoms with Crippen LogP contribution < -0.4 is 10.2 Å². The quantitative estimate of drug-likeness (QED) is 0.662. The van der Waals surface area contributed by atoms with Crippen LogP contribution >= 0.6 is 15.9 Å². The number of pyridine rings is 1. The molecule has 0 bridgehead atoms. The number of anilines is 3. The molecule has 4 nitrogen and oxygen atoms in total. The molecule has 3 rings (SSSR count). The monoisotopic (exact) mass is 395 g/mol. The van der Waals surface area contributed by atoms with Gasteiger partial charge in [-0.05, 0) is 55.0 Å². The van der Waals surface area contributed by atoms with Gasteiger partial charge >= 0.3 is 0 Å². The third kappa shape index (κ3) is 4.06. The molecule has 25 heavy (non-hydrogen) atoms. The lowest BCUT2D eigenvalue weighted by atomic mass is 10.2. The van der Waals surface area contributed by atoms with Crippen molar-refractivity contribution >= 4 is 38.9 Å². The zero-order chi connectivity index (χ0) is 17.8. The molecule has 2 aromatic carbocycles. The Bertz CT molecular complexity index is 879. The Labute approximate surface area is 155 Å². The molecule has 1 aromatic heterocycles. The number of nitrogens with zero attached hydrogens (tertiary/aromatic N) is 2. The second-order valence-corrected chi connectivity index (χ2v) is 6.63. The van der Waals surface area contributed by atoms with E-state index in [0.717, 1.165) is 27.1 Å². The van der Waals surface area contributed by atoms with E-state index in [9.17, 15) is 4.79 Å². The van der Waals surface area contributed by atoms with Gasteiger partial charge in [-0.3, -0.25) is 4.79 Å². The van der Waals surface area contributed by atoms with E-state index in [-0.39, 0.29) is 5.91 Å². The molecule has 0 unspecified atom stereocenters. The molecule has 5 heteroatoms. The number of carbonyl (C=O) groups excluding carboxylic acids is 1. The number of carbonyl (C=O) groups is 1. The maximum absolute atomic E-state index is 12.4. The molecular weight excluding hydrogens is 378 g/mol. The molecule has 1 heterocycles. The predicted molar refractivity (Wildman–Crippen MR) is 106 cm³/mol. The van der Waals surface area contributed by atoms with Gasteiger partial charge in [-0.25, -0.2) is 4.98 Å². The number of halogens is 1. The molecule has 0 aliphatic carbocycles. The van der Waals surface area contributed by atoms with Gasteiger partial charge in [0.05, 0.1) is 11.9 Å². The fourth-order valence-electron chi connectivity index (χ4n) is 2.47. The first kappa shape index (κ1) is 17.2. The summed E-state index contributed by atoms with van der Waals surface area (Å²) in [5.41, 5.74) is 4.13. The number of hydrogen-bond donors (Lipinski definition) is 1. The van der Waals surface area contributed by atoms with E-state index >= 15 is 0 Å². The number of amides is 1. The summed E-state index contributed by atoms with van der Waals surface area (Å²) in [6, 6.07) is 19.4. The Morgan fingerprint density at radius 1 is 1.04 bits per heavy atom. The second kappa shape index (κ2) is 7.49. The molecule has 0 atom stereocenters. The van der Waals surface area contributed by atoms with Gasteiger partial charge in [0.2, 0.25) is 0 Å². The summed E-state index contributed by atoms with van der Waals surface area (Å²) in [4.78, 5) is 18.7. The van der Waals surface area contributed by atoms with Crippen LogP contribution in [0.15, 0.2) is 71.3 Å². The van der Waals surface area contributed by atoms with Gasteiger partial charge in [0.1, 0.15) is 5.69 Å². The van der Waals surface area contributed by atoms with Crippen LogP contribution in [0.25, 0.3) is 0 Å². The second-order valence-electron chi connectivity index (χ2n) is 5.71. The maximum Gasteiger partial charge on any atom is 0.274 e. The van der Waals surface area contributed by atoms with Crippen molar-refractivity contribution < 1.29 is 4.79 Å². The third-order valence-corrected chi connectivity index (χ3v) is 4.44. The van der Waals surface area contributed by atoms with E-state index in [4.69, 9.17) is 0 Å². The maximum atomic E-state index is 12.4. The van der Waals surface area contributed by atoms with Crippen molar-refractivity contribution in [1.82, 2.24) is 4.98 Å². The summed E-state index contributed by atoms with van der Waals surface area (Å²) in [6.45, 7) is 1.95. The minimum absolute atomic E-state index is 0.223. The van der Waals surface area contributed by atoms with Crippen molar-refractivity contribution in [3.8, 4) is 0 Å². The lowest BCUT2D eigenvalue weighted by molar-refractivity contribution is 0.102. The summed E-state index contributed by atoms with van der Waals surface area (Å²) < 4.78 is 0.981. The molecule has 1 N–H and O–H groups in total. The van der Waals surface area contributed by atoms with Gasteiger partial charge in [-0.2, -0.15) is 0 Å². The van der Waals surface area contributed by atoms with Crippen molar-refractivity contribution in [1.29, 1.82) is 0 Å². The van der Waals surface area contributed by atoms with Crippen LogP contribution in [0.4, 0.5) is 17.1 Å². The summed E-state index contributed by atoms with van der Waals surface area (Å²) in [6.07, 6.45) is 1.70. The van der Waals surface area contributed by atoms with Crippen LogP contribution in [-0.2, 0) is 0 Å². The SMILES string of the molecule is Cc1cc(Br)ccc1NC(=O)c1ccc(N(C)c2ccccc2)cn1. The molecule has 3 aromatic rings. The summed E-state index contributed by atoms with van der Waals surface area (Å²) >= 11 is 3.42. The van der Waals surface area contributed by atoms with Crippen molar-refractivity contribution in [3.05, 3.63) is 82.6 Å². The highest BCUT2D eigenvalue weighted by Gasteiger charge is 2.11. The average molecular weight is 396 g/mol. The Morgan fingerprint density at radius 2 is 1.80 bits per heavy atom. The number of benzene rings is 2. The molecule has 1 amide bonds. The fourth-order valence-corrected chi connectivity index (χ4v) is 2.95. The van der Waals surface area contributed by atoms with Crippen LogP contribution in [0.1, 0.15) is 16.1 Å². The molecule has 0 saturated heterocycles. The van der Waals surface area contributed by atoms with E-state index in [1.807, 2.05) is 73.5 Å². The highest BCUT2D eigenvalue weighted by Crippen LogP contribution is 2.23. The van der Waals surface area contributed by atoms with Gasteiger partial charge in [0.25, 0.3) is 5.91 Å². The van der Waals surface area contributed by atoms with Crippen LogP contribution in [0.5, 0.6) is 0 Å². The van der Waals surface area contributed by atoms with Gasteiger partial charge in [0.15, 0.2) is 0 Å². The fraction of sp³-hybridized carbons (Fsp3) is 0.100. The first-order valence-electron chi connectivity index (χ1n) is 7.87. The number of aryl methyl sites for hydroxylation is 1. The van der Waals surface area contributed by atoms with E-state index < -0.39 is 0 Å². The van der Waals surface area contributed by atoms with Gasteiger partial charge in [0, 0.05) is 22.9 Å². The highest BCUT2D eigenvalue weighted by molar-refractivity contribution is 9.10. The van der Waals surface area contributed by atoms with E-state index in [1.54, 1.807) is 12.3 Å². The van der Waals surface area contributed by atoms with Gasteiger partial charge in [-0.15, -0.1) is 0 Å². The third-order valence-electron chi connectivity index (χ3n) is 3.95. The summed E-state index contributed by atoms with van der Waals surface area (Å²) in [5, 5.41) is 2.90. The Balaban J connectivity index is 1.74. The molecule has 0 spiro atoms. The Hall–Kier alpha value is -2.66. The Kier molecular flexibility index (Phi) is 5.14. The minimum Gasteiger partial charge on any atom is -0.343 e. The average Bonchev–Trinajstić information content (AvgIpc) is 2.64. The number of nitrogens with one attached hydrogen (secondary N) is 1. The number of hydrogen-bond acceptors (Lipinski definition) is 3. The standard InChI is InChI=1S/C20H18BrN3O/c1-14-12-15(21)8-10-18(14)23-20(25)19-11-9-17(13-22-19)24(2)16-6-4-3-5-7-16/h3-13H,1-2H3,(H,23,25). The lowest BCUT2D eigenvalue weighted by Crippen LogP contribution is -2.15. The van der Waals surface area contributed by atoms with Crippen molar-refractivity contribution in [3.63, 3.8) is 0 Å². The number of para-hydroxylation sites is 1. The smallest absolute Gasteiger partial charge is 0.274 e. The lowest BCUT2D eigenvalue weighted by Gasteiger charge is -2.19. The van der Waals surface area contributed by atoms with E-state index in [2.05, 4.69) is 26.2 Å². The topological polar surface area (TPSA) is 45.2 Å². The molecule has 0 saturated carbocycles. The zero-order valence-corrected chi connectivity index (χ0v) is 15.6. The first-order valence-corrected chi connectivity index (χ1v) is 8.66. The zero-order valence-electron chi connectivity index (χ0n) is 14.0. The molecule has 0 fully saturated rings. The molecule has 0 aliphatic heterocycles. The van der Waals surface area contributed by atoms with E-state index in [1.165, 1.54) is 0 Å². The van der Waals surface area contributed by atoms with Crippen molar-refractivity contribution in [2.75, 3.05) is 17.3 Å². The van der Waals surface area contributed by atoms with Crippen molar-refractivity contribution in [2.45, 2.75) is 6.92 Å². The molecule has 0 aliphatic rings. The largest absolute Gasteiger partial charge is 0.343 e. The first-order chi connectivity index (χ1) is 12.0. The van der Waals surface area contributed by atoms with E-state index in [0.29, 0.717) is 5.69 Å². The number of rotatable bonds is 4. The molecule has 0 radical (unpaired) electrons. The van der Waals surface area contributed by atoms with Crippen LogP contribution in [0, 0.1) is 6.92 Å². The predicted octanol–water partition coefficient (Wildman–Crippen LogP) is 5.17. The van der Waals surface area contributed by atoms with Crippen LogP contribution in [0.2, 0.25) is 0 Å². The van der Waals surface area contributed by atoms with Crippen molar-refractivity contribution in [2.24, 2.45) is 0 Å². The molecule has 126 valence electrons. The highest BCUT2D eigenvalue weighted by atomic mass is 79.9. The summed E-state index contributed by atoms with van der Waals surface area (Å²) in [5.74, 6) is -0.223. The van der Waals surface area contributed by atoms with Gasteiger partial charge < -0.3 is 10.2 Å². The summed E-state index contributed by atoms with van der Waals surface area (Å²) in [7, 11) is 1.97.